The molecule has 0 unspecified atom stereocenters. The van der Waals surface area contributed by atoms with Crippen LogP contribution in [0.1, 0.15) is 71.3 Å². The lowest BCUT2D eigenvalue weighted by Gasteiger charge is -2.24. The van der Waals surface area contributed by atoms with E-state index < -0.39 is 0 Å². The van der Waals surface area contributed by atoms with Gasteiger partial charge in [-0.15, -0.1) is 0 Å². The Labute approximate surface area is 163 Å². The van der Waals surface area contributed by atoms with Gasteiger partial charge in [-0.05, 0) is 54.6 Å². The standard InChI is InChI=1S/C21H32N2O2S/c1-21(2,3)16-11-13-18(14-12-16)25-15-7-10-19(24)23-20(26)22-17-8-5-4-6-9-17/h11-14,17H,4-10,15H2,1-3H3,(H2,22,23,24,26). The summed E-state index contributed by atoms with van der Waals surface area (Å²) in [6, 6.07) is 8.58. The second-order valence-corrected chi connectivity index (χ2v) is 8.49. The zero-order chi connectivity index (χ0) is 19.0. The van der Waals surface area contributed by atoms with Gasteiger partial charge >= 0.3 is 0 Å². The first kappa shape index (κ1) is 20.7. The molecule has 1 aromatic carbocycles. The molecule has 0 aliphatic heterocycles. The van der Waals surface area contributed by atoms with E-state index in [1.807, 2.05) is 12.1 Å². The summed E-state index contributed by atoms with van der Waals surface area (Å²) in [7, 11) is 0. The lowest BCUT2D eigenvalue weighted by Crippen LogP contribution is -2.45. The summed E-state index contributed by atoms with van der Waals surface area (Å²) in [6.07, 6.45) is 7.13. The molecular formula is C21H32N2O2S. The highest BCUT2D eigenvalue weighted by Gasteiger charge is 2.15. The minimum absolute atomic E-state index is 0.0509. The van der Waals surface area contributed by atoms with Gasteiger partial charge in [-0.1, -0.05) is 52.2 Å². The lowest BCUT2D eigenvalue weighted by atomic mass is 9.87. The highest BCUT2D eigenvalue weighted by atomic mass is 32.1. The van der Waals surface area contributed by atoms with Crippen LogP contribution in [0.3, 0.4) is 0 Å². The predicted molar refractivity (Wildman–Crippen MR) is 111 cm³/mol. The molecule has 2 rings (SSSR count). The Balaban J connectivity index is 1.61. The van der Waals surface area contributed by atoms with Gasteiger partial charge in [-0.25, -0.2) is 0 Å². The van der Waals surface area contributed by atoms with Crippen molar-refractivity contribution in [2.24, 2.45) is 0 Å². The Morgan fingerprint density at radius 2 is 1.81 bits per heavy atom. The van der Waals surface area contributed by atoms with E-state index >= 15 is 0 Å². The van der Waals surface area contributed by atoms with Crippen molar-refractivity contribution in [2.45, 2.75) is 77.2 Å². The fraction of sp³-hybridized carbons (Fsp3) is 0.619. The SMILES string of the molecule is CC(C)(C)c1ccc(OCCCC(=O)NC(=S)NC2CCCCC2)cc1. The van der Waals surface area contributed by atoms with E-state index in [9.17, 15) is 4.79 Å². The number of hydrogen-bond acceptors (Lipinski definition) is 3. The Kier molecular flexibility index (Phi) is 7.88. The summed E-state index contributed by atoms with van der Waals surface area (Å²) in [4.78, 5) is 12.0. The van der Waals surface area contributed by atoms with Gasteiger partial charge in [0.25, 0.3) is 0 Å². The highest BCUT2D eigenvalue weighted by molar-refractivity contribution is 7.80. The molecule has 144 valence electrons. The zero-order valence-electron chi connectivity index (χ0n) is 16.3. The number of ether oxygens (including phenoxy) is 1. The molecule has 0 spiro atoms. The molecule has 0 bridgehead atoms. The molecule has 0 atom stereocenters. The highest BCUT2D eigenvalue weighted by Crippen LogP contribution is 2.24. The van der Waals surface area contributed by atoms with Gasteiger partial charge < -0.3 is 15.4 Å². The molecule has 0 heterocycles. The minimum Gasteiger partial charge on any atom is -0.494 e. The number of thiocarbonyl (C=S) groups is 1. The van der Waals surface area contributed by atoms with E-state index in [2.05, 4.69) is 43.5 Å². The molecule has 0 radical (unpaired) electrons. The van der Waals surface area contributed by atoms with Gasteiger partial charge in [0.15, 0.2) is 5.11 Å². The second kappa shape index (κ2) is 9.91. The maximum absolute atomic E-state index is 12.0. The summed E-state index contributed by atoms with van der Waals surface area (Å²) in [5.41, 5.74) is 1.42. The second-order valence-electron chi connectivity index (χ2n) is 8.08. The molecule has 26 heavy (non-hydrogen) atoms. The van der Waals surface area contributed by atoms with E-state index in [0.29, 0.717) is 30.6 Å². The number of carbonyl (C=O) groups excluding carboxylic acids is 1. The van der Waals surface area contributed by atoms with E-state index in [-0.39, 0.29) is 11.3 Å². The average Bonchev–Trinajstić information content (AvgIpc) is 2.59. The Morgan fingerprint density at radius 3 is 2.42 bits per heavy atom. The summed E-state index contributed by atoms with van der Waals surface area (Å²) >= 11 is 5.23. The van der Waals surface area contributed by atoms with Crippen molar-refractivity contribution in [2.75, 3.05) is 6.61 Å². The fourth-order valence-electron chi connectivity index (χ4n) is 3.13. The van der Waals surface area contributed by atoms with Gasteiger partial charge in [-0.2, -0.15) is 0 Å². The first-order valence-electron chi connectivity index (χ1n) is 9.68. The van der Waals surface area contributed by atoms with Crippen molar-refractivity contribution < 1.29 is 9.53 Å². The summed E-state index contributed by atoms with van der Waals surface area (Å²) in [5.74, 6) is 0.790. The van der Waals surface area contributed by atoms with Gasteiger partial charge in [0.1, 0.15) is 5.75 Å². The maximum atomic E-state index is 12.0. The molecule has 0 saturated heterocycles. The van der Waals surface area contributed by atoms with Gasteiger partial charge in [0.05, 0.1) is 6.61 Å². The van der Waals surface area contributed by atoms with Crippen molar-refractivity contribution >= 4 is 23.2 Å². The van der Waals surface area contributed by atoms with Crippen LogP contribution in [0.25, 0.3) is 0 Å². The number of hydrogen-bond donors (Lipinski definition) is 2. The first-order valence-corrected chi connectivity index (χ1v) is 10.1. The monoisotopic (exact) mass is 376 g/mol. The molecule has 1 fully saturated rings. The Hall–Kier alpha value is -1.62. The van der Waals surface area contributed by atoms with Crippen LogP contribution in [-0.4, -0.2) is 23.7 Å². The van der Waals surface area contributed by atoms with Crippen LogP contribution in [0.5, 0.6) is 5.75 Å². The summed E-state index contributed by atoms with van der Waals surface area (Å²) < 4.78 is 5.72. The largest absolute Gasteiger partial charge is 0.494 e. The Bertz CT molecular complexity index is 587. The van der Waals surface area contributed by atoms with Crippen LogP contribution in [0, 0.1) is 0 Å². The molecule has 1 aliphatic carbocycles. The number of rotatable bonds is 6. The van der Waals surface area contributed by atoms with Crippen LogP contribution in [0.2, 0.25) is 0 Å². The molecule has 2 N–H and O–H groups in total. The van der Waals surface area contributed by atoms with Crippen molar-refractivity contribution in [1.82, 2.24) is 10.6 Å². The molecule has 1 aliphatic rings. The quantitative estimate of drug-likeness (QED) is 0.568. The summed E-state index contributed by atoms with van der Waals surface area (Å²) in [6.45, 7) is 7.09. The van der Waals surface area contributed by atoms with Crippen LogP contribution in [-0.2, 0) is 10.2 Å². The van der Waals surface area contributed by atoms with Crippen molar-refractivity contribution in [3.05, 3.63) is 29.8 Å². The van der Waals surface area contributed by atoms with Crippen molar-refractivity contribution in [1.29, 1.82) is 0 Å². The topological polar surface area (TPSA) is 50.4 Å². The third-order valence-corrected chi connectivity index (χ3v) is 4.95. The van der Waals surface area contributed by atoms with Crippen LogP contribution in [0.4, 0.5) is 0 Å². The fourth-order valence-corrected chi connectivity index (χ4v) is 3.41. The molecular weight excluding hydrogens is 344 g/mol. The lowest BCUT2D eigenvalue weighted by molar-refractivity contribution is -0.119. The van der Waals surface area contributed by atoms with Gasteiger partial charge in [0, 0.05) is 12.5 Å². The molecule has 1 saturated carbocycles. The molecule has 4 nitrogen and oxygen atoms in total. The average molecular weight is 377 g/mol. The van der Waals surface area contributed by atoms with E-state index in [0.717, 1.165) is 18.6 Å². The number of nitrogens with one attached hydrogen (secondary N) is 2. The number of benzene rings is 1. The van der Waals surface area contributed by atoms with Crippen LogP contribution in [0.15, 0.2) is 24.3 Å². The van der Waals surface area contributed by atoms with E-state index in [1.165, 1.54) is 24.8 Å². The molecule has 0 aromatic heterocycles. The van der Waals surface area contributed by atoms with E-state index in [4.69, 9.17) is 17.0 Å². The van der Waals surface area contributed by atoms with Gasteiger partial charge in [0.2, 0.25) is 5.91 Å². The minimum atomic E-state index is -0.0509. The van der Waals surface area contributed by atoms with Gasteiger partial charge in [-0.3, -0.25) is 4.79 Å². The summed E-state index contributed by atoms with van der Waals surface area (Å²) in [5, 5.41) is 6.49. The van der Waals surface area contributed by atoms with Crippen LogP contribution < -0.4 is 15.4 Å². The Morgan fingerprint density at radius 1 is 1.15 bits per heavy atom. The molecule has 1 aromatic rings. The van der Waals surface area contributed by atoms with Crippen molar-refractivity contribution in [3.8, 4) is 5.75 Å². The first-order chi connectivity index (χ1) is 12.3. The maximum Gasteiger partial charge on any atom is 0.226 e. The zero-order valence-corrected chi connectivity index (χ0v) is 17.1. The van der Waals surface area contributed by atoms with Crippen LogP contribution >= 0.6 is 12.2 Å². The molecule has 1 amide bonds. The number of amides is 1. The third kappa shape index (κ3) is 7.32. The van der Waals surface area contributed by atoms with E-state index in [1.54, 1.807) is 0 Å². The molecule has 5 heteroatoms. The third-order valence-electron chi connectivity index (χ3n) is 4.73. The normalized spacial score (nSPS) is 15.3. The predicted octanol–water partition coefficient (Wildman–Crippen LogP) is 4.47. The smallest absolute Gasteiger partial charge is 0.226 e. The number of carbonyl (C=O) groups is 1. The van der Waals surface area contributed by atoms with Crippen molar-refractivity contribution in [3.63, 3.8) is 0 Å².